The van der Waals surface area contributed by atoms with E-state index < -0.39 is 0 Å². The predicted molar refractivity (Wildman–Crippen MR) is 99.4 cm³/mol. The lowest BCUT2D eigenvalue weighted by Crippen LogP contribution is -2.21. The normalized spacial score (nSPS) is 16.9. The molecule has 0 amide bonds. The van der Waals surface area contributed by atoms with E-state index in [0.717, 1.165) is 23.6 Å². The van der Waals surface area contributed by atoms with Crippen LogP contribution in [0.4, 0.5) is 0 Å². The van der Waals surface area contributed by atoms with Crippen molar-refractivity contribution in [3.8, 4) is 0 Å². The molecule has 1 saturated carbocycles. The number of rotatable bonds is 9. The summed E-state index contributed by atoms with van der Waals surface area (Å²) in [5, 5.41) is 9.86. The third-order valence-electron chi connectivity index (χ3n) is 5.01. The molecule has 0 bridgehead atoms. The van der Waals surface area contributed by atoms with Gasteiger partial charge in [0.25, 0.3) is 0 Å². The monoisotopic (exact) mass is 360 g/mol. The number of hydrogen-bond donors (Lipinski definition) is 1. The molecule has 0 atom stereocenters. The molecular formula is C19H37BrO. The van der Waals surface area contributed by atoms with Crippen molar-refractivity contribution in [3.63, 3.8) is 0 Å². The molecule has 1 nitrogen and oxygen atoms in total. The fraction of sp³-hybridized carbons (Fsp3) is 0.895. The highest BCUT2D eigenvalue weighted by Crippen LogP contribution is 2.41. The zero-order chi connectivity index (χ0) is 16.0. The van der Waals surface area contributed by atoms with Crippen molar-refractivity contribution in [1.82, 2.24) is 0 Å². The van der Waals surface area contributed by atoms with Crippen LogP contribution in [0.15, 0.2) is 12.3 Å². The second-order valence-electron chi connectivity index (χ2n) is 6.54. The highest BCUT2D eigenvalue weighted by atomic mass is 79.9. The topological polar surface area (TPSA) is 20.2 Å². The molecule has 0 spiro atoms. The smallest absolute Gasteiger partial charge is 0.0851 e. The molecule has 1 aliphatic carbocycles. The lowest BCUT2D eigenvalue weighted by Gasteiger charge is -2.35. The number of aliphatic hydroxyl groups excluding tert-OH is 1. The molecule has 0 aliphatic heterocycles. The number of unbranched alkanes of at least 4 members (excludes halogenated alkanes) is 4. The van der Waals surface area contributed by atoms with Crippen LogP contribution >= 0.6 is 15.9 Å². The summed E-state index contributed by atoms with van der Waals surface area (Å²) in [5.74, 6) is 0.325. The van der Waals surface area contributed by atoms with Crippen LogP contribution in [0.2, 0.25) is 0 Å². The lowest BCUT2D eigenvalue weighted by molar-refractivity contribution is 0.173. The molecule has 1 fully saturated rings. The summed E-state index contributed by atoms with van der Waals surface area (Å²) in [6, 6.07) is 0. The number of halogens is 1. The van der Waals surface area contributed by atoms with Crippen LogP contribution in [-0.2, 0) is 0 Å². The van der Waals surface area contributed by atoms with Gasteiger partial charge in [0.15, 0.2) is 0 Å². The lowest BCUT2D eigenvalue weighted by atomic mass is 9.71. The standard InChI is InChI=1S/C10H20.C9H17BrO/c1-3-10(4-2)8-6-5-7-9-10;1-9(11)7-5-3-2-4-6-8-10/h3-9H2,1-2H3;11H,1-8H2. The predicted octanol–water partition coefficient (Wildman–Crippen LogP) is 7.55. The number of aliphatic hydroxyl groups is 1. The van der Waals surface area contributed by atoms with Crippen molar-refractivity contribution in [2.75, 3.05) is 5.33 Å². The molecule has 0 aromatic heterocycles. The van der Waals surface area contributed by atoms with Crippen LogP contribution in [0.25, 0.3) is 0 Å². The summed E-state index contributed by atoms with van der Waals surface area (Å²) in [6.07, 6.45) is 17.2. The van der Waals surface area contributed by atoms with E-state index in [1.165, 1.54) is 70.6 Å². The number of allylic oxidation sites excluding steroid dienone is 1. The minimum Gasteiger partial charge on any atom is -0.513 e. The molecule has 0 saturated heterocycles. The van der Waals surface area contributed by atoms with Gasteiger partial charge in [-0.1, -0.05) is 87.7 Å². The Morgan fingerprint density at radius 3 is 1.90 bits per heavy atom. The summed E-state index contributed by atoms with van der Waals surface area (Å²) in [4.78, 5) is 0. The highest BCUT2D eigenvalue weighted by molar-refractivity contribution is 9.09. The maximum Gasteiger partial charge on any atom is 0.0851 e. The van der Waals surface area contributed by atoms with Gasteiger partial charge in [-0.25, -0.2) is 0 Å². The maximum absolute atomic E-state index is 8.75. The average molecular weight is 361 g/mol. The molecule has 0 heterocycles. The minimum absolute atomic E-state index is 0.325. The van der Waals surface area contributed by atoms with Gasteiger partial charge in [0.05, 0.1) is 5.76 Å². The van der Waals surface area contributed by atoms with Gasteiger partial charge in [0.2, 0.25) is 0 Å². The van der Waals surface area contributed by atoms with Crippen LogP contribution in [0.5, 0.6) is 0 Å². The van der Waals surface area contributed by atoms with Crippen molar-refractivity contribution in [1.29, 1.82) is 0 Å². The summed E-state index contributed by atoms with van der Waals surface area (Å²) in [7, 11) is 0. The van der Waals surface area contributed by atoms with E-state index >= 15 is 0 Å². The number of alkyl halides is 1. The molecule has 1 aliphatic rings. The molecule has 21 heavy (non-hydrogen) atoms. The first-order valence-electron chi connectivity index (χ1n) is 9.03. The van der Waals surface area contributed by atoms with Crippen LogP contribution in [0, 0.1) is 5.41 Å². The fourth-order valence-corrected chi connectivity index (χ4v) is 3.61. The van der Waals surface area contributed by atoms with Crippen molar-refractivity contribution < 1.29 is 5.11 Å². The van der Waals surface area contributed by atoms with Gasteiger partial charge in [-0.2, -0.15) is 0 Å². The Bertz CT molecular complexity index is 238. The van der Waals surface area contributed by atoms with Crippen LogP contribution in [0.3, 0.4) is 0 Å². The molecule has 0 aromatic carbocycles. The summed E-state index contributed by atoms with van der Waals surface area (Å²) in [6.45, 7) is 8.15. The van der Waals surface area contributed by atoms with E-state index in [0.29, 0.717) is 5.76 Å². The zero-order valence-corrected chi connectivity index (χ0v) is 16.0. The second kappa shape index (κ2) is 13.7. The van der Waals surface area contributed by atoms with E-state index in [9.17, 15) is 0 Å². The van der Waals surface area contributed by atoms with Crippen molar-refractivity contribution in [2.45, 2.75) is 97.3 Å². The summed E-state index contributed by atoms with van der Waals surface area (Å²) < 4.78 is 0. The van der Waals surface area contributed by atoms with E-state index in [4.69, 9.17) is 5.11 Å². The maximum atomic E-state index is 8.75. The molecular weight excluding hydrogens is 324 g/mol. The van der Waals surface area contributed by atoms with E-state index in [1.807, 2.05) is 0 Å². The van der Waals surface area contributed by atoms with Gasteiger partial charge >= 0.3 is 0 Å². The molecule has 0 unspecified atom stereocenters. The Hall–Kier alpha value is 0.0200. The molecule has 0 radical (unpaired) electrons. The molecule has 0 aromatic rings. The third-order valence-corrected chi connectivity index (χ3v) is 5.57. The Morgan fingerprint density at radius 2 is 1.48 bits per heavy atom. The Kier molecular flexibility index (Phi) is 13.7. The van der Waals surface area contributed by atoms with Crippen LogP contribution in [-0.4, -0.2) is 10.4 Å². The first kappa shape index (κ1) is 21.0. The van der Waals surface area contributed by atoms with Crippen LogP contribution < -0.4 is 0 Å². The Morgan fingerprint density at radius 1 is 0.952 bits per heavy atom. The van der Waals surface area contributed by atoms with Gasteiger partial charge in [-0.3, -0.25) is 0 Å². The minimum atomic E-state index is 0.325. The first-order chi connectivity index (χ1) is 10.1. The highest BCUT2D eigenvalue weighted by Gasteiger charge is 2.27. The van der Waals surface area contributed by atoms with Crippen molar-refractivity contribution in [2.24, 2.45) is 5.41 Å². The second-order valence-corrected chi connectivity index (χ2v) is 7.33. The average Bonchev–Trinajstić information content (AvgIpc) is 2.52. The van der Waals surface area contributed by atoms with E-state index in [1.54, 1.807) is 0 Å². The van der Waals surface area contributed by atoms with Gasteiger partial charge in [0, 0.05) is 11.8 Å². The fourth-order valence-electron chi connectivity index (χ4n) is 3.21. The van der Waals surface area contributed by atoms with Gasteiger partial charge in [0.1, 0.15) is 0 Å². The molecule has 1 rings (SSSR count). The first-order valence-corrected chi connectivity index (χ1v) is 10.1. The zero-order valence-electron chi connectivity index (χ0n) is 14.4. The van der Waals surface area contributed by atoms with E-state index in [-0.39, 0.29) is 0 Å². The SMILES string of the molecule is C=C(O)CCCCCCCBr.CCC1(CC)CCCCC1. The Balaban J connectivity index is 0.000000382. The molecule has 126 valence electrons. The van der Waals surface area contributed by atoms with Crippen molar-refractivity contribution >= 4 is 15.9 Å². The van der Waals surface area contributed by atoms with E-state index in [2.05, 4.69) is 36.4 Å². The molecule has 2 heteroatoms. The summed E-state index contributed by atoms with van der Waals surface area (Å²) in [5.41, 5.74) is 0.762. The Labute approximate surface area is 141 Å². The number of hydrogen-bond acceptors (Lipinski definition) is 1. The summed E-state index contributed by atoms with van der Waals surface area (Å²) >= 11 is 3.39. The van der Waals surface area contributed by atoms with Gasteiger partial charge in [-0.05, 0) is 31.1 Å². The van der Waals surface area contributed by atoms with Crippen molar-refractivity contribution in [3.05, 3.63) is 12.3 Å². The van der Waals surface area contributed by atoms with Crippen LogP contribution in [0.1, 0.15) is 97.3 Å². The quantitative estimate of drug-likeness (QED) is 0.255. The third kappa shape index (κ3) is 11.3. The van der Waals surface area contributed by atoms with Gasteiger partial charge in [-0.15, -0.1) is 0 Å². The molecule has 1 N–H and O–H groups in total. The largest absolute Gasteiger partial charge is 0.513 e. The van der Waals surface area contributed by atoms with Gasteiger partial charge < -0.3 is 5.11 Å².